The van der Waals surface area contributed by atoms with Crippen LogP contribution in [0, 0.1) is 5.92 Å². The molecular weight excluding hydrogens is 396 g/mol. The minimum atomic E-state index is -0.522. The number of nitrogens with zero attached hydrogens (tertiary/aromatic N) is 2. The van der Waals surface area contributed by atoms with Crippen LogP contribution in [0.15, 0.2) is 42.6 Å². The number of likely N-dealkylation sites (tertiary alicyclic amines) is 1. The molecule has 1 aliphatic rings. The maximum atomic E-state index is 12.4. The highest BCUT2D eigenvalue weighted by atomic mass is 35.5. The summed E-state index contributed by atoms with van der Waals surface area (Å²) in [5.41, 5.74) is 5.56. The summed E-state index contributed by atoms with van der Waals surface area (Å²) in [7, 11) is 0. The van der Waals surface area contributed by atoms with Gasteiger partial charge in [-0.15, -0.1) is 0 Å². The van der Waals surface area contributed by atoms with Gasteiger partial charge in [-0.1, -0.05) is 11.6 Å². The smallest absolute Gasteiger partial charge is 0.260 e. The molecule has 0 unspecified atom stereocenters. The van der Waals surface area contributed by atoms with E-state index in [1.807, 2.05) is 0 Å². The molecule has 2 aromatic rings. The Balaban J connectivity index is 1.43. The minimum absolute atomic E-state index is 0.110. The molecule has 8 nitrogen and oxygen atoms in total. The Hall–Kier alpha value is -3.13. The van der Waals surface area contributed by atoms with Crippen molar-refractivity contribution >= 4 is 35.1 Å². The first kappa shape index (κ1) is 20.6. The van der Waals surface area contributed by atoms with E-state index in [4.69, 9.17) is 22.1 Å². The third-order valence-corrected chi connectivity index (χ3v) is 4.92. The lowest BCUT2D eigenvalue weighted by atomic mass is 9.96. The van der Waals surface area contributed by atoms with Crippen LogP contribution in [0.25, 0.3) is 0 Å². The van der Waals surface area contributed by atoms with E-state index in [-0.39, 0.29) is 24.3 Å². The fraction of sp³-hybridized carbons (Fsp3) is 0.300. The van der Waals surface area contributed by atoms with Crippen LogP contribution in [-0.4, -0.2) is 47.3 Å². The lowest BCUT2D eigenvalue weighted by Crippen LogP contribution is -2.43. The SMILES string of the molecule is NC(=O)c1ccc(OCC(=O)N2CCC(C(=O)Nc3ccc(Cl)cn3)CC2)cc1. The summed E-state index contributed by atoms with van der Waals surface area (Å²) < 4.78 is 5.48. The molecule has 3 amide bonds. The third-order valence-electron chi connectivity index (χ3n) is 4.70. The van der Waals surface area contributed by atoms with Crippen molar-refractivity contribution in [1.29, 1.82) is 0 Å². The van der Waals surface area contributed by atoms with E-state index in [1.54, 1.807) is 41.3 Å². The van der Waals surface area contributed by atoms with Crippen LogP contribution in [0.4, 0.5) is 5.82 Å². The van der Waals surface area contributed by atoms with E-state index in [1.165, 1.54) is 6.20 Å². The number of ether oxygens (including phenoxy) is 1. The molecule has 0 radical (unpaired) electrons. The summed E-state index contributed by atoms with van der Waals surface area (Å²) >= 11 is 5.79. The maximum absolute atomic E-state index is 12.4. The Kier molecular flexibility index (Phi) is 6.66. The van der Waals surface area contributed by atoms with Crippen LogP contribution in [0.5, 0.6) is 5.75 Å². The first-order valence-electron chi connectivity index (χ1n) is 9.15. The van der Waals surface area contributed by atoms with Gasteiger partial charge in [-0.2, -0.15) is 0 Å². The van der Waals surface area contributed by atoms with Crippen molar-refractivity contribution < 1.29 is 19.1 Å². The Morgan fingerprint density at radius 3 is 2.41 bits per heavy atom. The number of amides is 3. The standard InChI is InChI=1S/C20H21ClN4O4/c21-15-3-6-17(23-11-15)24-20(28)14-7-9-25(10-8-14)18(26)12-29-16-4-1-13(2-5-16)19(22)27/h1-6,11,14H,7-10,12H2,(H2,22,27)(H,23,24,28). The van der Waals surface area contributed by atoms with Crippen molar-refractivity contribution in [2.75, 3.05) is 25.0 Å². The monoisotopic (exact) mass is 416 g/mol. The van der Waals surface area contributed by atoms with Gasteiger partial charge in [-0.05, 0) is 49.2 Å². The molecule has 1 saturated heterocycles. The highest BCUT2D eigenvalue weighted by molar-refractivity contribution is 6.30. The number of hydrogen-bond acceptors (Lipinski definition) is 5. The van der Waals surface area contributed by atoms with Gasteiger partial charge in [0.25, 0.3) is 5.91 Å². The van der Waals surface area contributed by atoms with E-state index >= 15 is 0 Å². The van der Waals surface area contributed by atoms with E-state index in [0.717, 1.165) is 0 Å². The second-order valence-corrected chi connectivity index (χ2v) is 7.12. The average molecular weight is 417 g/mol. The first-order chi connectivity index (χ1) is 13.9. The predicted octanol–water partition coefficient (Wildman–Crippen LogP) is 2.09. The Morgan fingerprint density at radius 1 is 1.14 bits per heavy atom. The lowest BCUT2D eigenvalue weighted by Gasteiger charge is -2.31. The van der Waals surface area contributed by atoms with Crippen LogP contribution < -0.4 is 15.8 Å². The van der Waals surface area contributed by atoms with Crippen molar-refractivity contribution in [2.24, 2.45) is 11.7 Å². The van der Waals surface area contributed by atoms with Crippen molar-refractivity contribution in [1.82, 2.24) is 9.88 Å². The second-order valence-electron chi connectivity index (χ2n) is 6.68. The number of carbonyl (C=O) groups is 3. The van der Waals surface area contributed by atoms with E-state index in [0.29, 0.717) is 48.1 Å². The number of aromatic nitrogens is 1. The van der Waals surface area contributed by atoms with Crippen LogP contribution in [-0.2, 0) is 9.59 Å². The Bertz CT molecular complexity index is 878. The van der Waals surface area contributed by atoms with Gasteiger partial charge in [-0.3, -0.25) is 14.4 Å². The van der Waals surface area contributed by atoms with Gasteiger partial charge in [0, 0.05) is 30.8 Å². The molecule has 29 heavy (non-hydrogen) atoms. The number of halogens is 1. The molecule has 1 aliphatic heterocycles. The van der Waals surface area contributed by atoms with Gasteiger partial charge in [-0.25, -0.2) is 4.98 Å². The quantitative estimate of drug-likeness (QED) is 0.748. The number of pyridine rings is 1. The fourth-order valence-electron chi connectivity index (χ4n) is 3.02. The molecule has 1 fully saturated rings. The molecule has 1 aromatic heterocycles. The van der Waals surface area contributed by atoms with Gasteiger partial charge >= 0.3 is 0 Å². The first-order valence-corrected chi connectivity index (χ1v) is 9.53. The van der Waals surface area contributed by atoms with Gasteiger partial charge < -0.3 is 20.7 Å². The summed E-state index contributed by atoms with van der Waals surface area (Å²) in [5.74, 6) is -0.0353. The molecule has 1 aromatic carbocycles. The zero-order valence-electron chi connectivity index (χ0n) is 15.6. The highest BCUT2D eigenvalue weighted by Crippen LogP contribution is 2.20. The second kappa shape index (κ2) is 9.38. The number of nitrogens with two attached hydrogens (primary N) is 1. The van der Waals surface area contributed by atoms with E-state index < -0.39 is 5.91 Å². The third kappa shape index (κ3) is 5.68. The number of hydrogen-bond donors (Lipinski definition) is 2. The molecule has 2 heterocycles. The lowest BCUT2D eigenvalue weighted by molar-refractivity contribution is -0.136. The van der Waals surface area contributed by atoms with Gasteiger partial charge in [0.1, 0.15) is 11.6 Å². The van der Waals surface area contributed by atoms with E-state index in [9.17, 15) is 14.4 Å². The van der Waals surface area contributed by atoms with Gasteiger partial charge in [0.2, 0.25) is 11.8 Å². The summed E-state index contributed by atoms with van der Waals surface area (Å²) in [6, 6.07) is 9.58. The average Bonchev–Trinajstić information content (AvgIpc) is 2.74. The Labute approximate surface area is 173 Å². The molecular formula is C20H21ClN4O4. The van der Waals surface area contributed by atoms with Crippen molar-refractivity contribution in [3.63, 3.8) is 0 Å². The molecule has 0 aliphatic carbocycles. The molecule has 0 bridgehead atoms. The van der Waals surface area contributed by atoms with Crippen LogP contribution in [0.1, 0.15) is 23.2 Å². The van der Waals surface area contributed by atoms with Crippen molar-refractivity contribution in [2.45, 2.75) is 12.8 Å². The van der Waals surface area contributed by atoms with Crippen molar-refractivity contribution in [3.05, 3.63) is 53.2 Å². The number of rotatable bonds is 6. The van der Waals surface area contributed by atoms with Crippen molar-refractivity contribution in [3.8, 4) is 5.75 Å². The molecule has 152 valence electrons. The zero-order chi connectivity index (χ0) is 20.8. The van der Waals surface area contributed by atoms with Crippen LogP contribution >= 0.6 is 11.6 Å². The molecule has 3 rings (SSSR count). The molecule has 9 heteroatoms. The largest absolute Gasteiger partial charge is 0.484 e. The Morgan fingerprint density at radius 2 is 1.83 bits per heavy atom. The molecule has 3 N–H and O–H groups in total. The maximum Gasteiger partial charge on any atom is 0.260 e. The number of primary amides is 1. The topological polar surface area (TPSA) is 115 Å². The number of carbonyl (C=O) groups excluding carboxylic acids is 3. The fourth-order valence-corrected chi connectivity index (χ4v) is 3.13. The number of benzene rings is 1. The van der Waals surface area contributed by atoms with Gasteiger partial charge in [0.05, 0.1) is 5.02 Å². The highest BCUT2D eigenvalue weighted by Gasteiger charge is 2.27. The van der Waals surface area contributed by atoms with E-state index in [2.05, 4.69) is 10.3 Å². The summed E-state index contributed by atoms with van der Waals surface area (Å²) in [5, 5.41) is 3.27. The molecule has 0 atom stereocenters. The van der Waals surface area contributed by atoms with Gasteiger partial charge in [0.15, 0.2) is 6.61 Å². The summed E-state index contributed by atoms with van der Waals surface area (Å²) in [4.78, 5) is 41.5. The molecule has 0 saturated carbocycles. The van der Waals surface area contributed by atoms with Crippen LogP contribution in [0.2, 0.25) is 5.02 Å². The number of anilines is 1. The zero-order valence-corrected chi connectivity index (χ0v) is 16.4. The normalized spacial score (nSPS) is 14.3. The summed E-state index contributed by atoms with van der Waals surface area (Å²) in [6.45, 7) is 0.853. The number of piperidine rings is 1. The molecule has 0 spiro atoms. The summed E-state index contributed by atoms with van der Waals surface area (Å²) in [6.07, 6.45) is 2.61. The predicted molar refractivity (Wildman–Crippen MR) is 108 cm³/mol. The van der Waals surface area contributed by atoms with Crippen LogP contribution in [0.3, 0.4) is 0 Å². The minimum Gasteiger partial charge on any atom is -0.484 e. The number of nitrogens with one attached hydrogen (secondary N) is 1.